The summed E-state index contributed by atoms with van der Waals surface area (Å²) in [5.74, 6) is 0.117. The Bertz CT molecular complexity index is 280. The SMILES string of the molecule is CNc1nc(=O)[nH]cc1O. The van der Waals surface area contributed by atoms with Gasteiger partial charge in [0, 0.05) is 7.05 Å². The highest BCUT2D eigenvalue weighted by Gasteiger charge is 1.98. The molecule has 0 atom stereocenters. The van der Waals surface area contributed by atoms with Gasteiger partial charge >= 0.3 is 5.69 Å². The number of rotatable bonds is 1. The molecule has 54 valence electrons. The standard InChI is InChI=1S/C5H7N3O2/c1-6-4-3(9)2-7-5(10)8-4/h2,9H,1H3,(H2,6,7,8,10). The quantitative estimate of drug-likeness (QED) is 0.493. The van der Waals surface area contributed by atoms with E-state index in [1.165, 1.54) is 6.20 Å². The lowest BCUT2D eigenvalue weighted by Crippen LogP contribution is -2.11. The highest BCUT2D eigenvalue weighted by molar-refractivity contribution is 5.45. The van der Waals surface area contributed by atoms with Crippen molar-refractivity contribution in [2.45, 2.75) is 0 Å². The maximum Gasteiger partial charge on any atom is 0.347 e. The van der Waals surface area contributed by atoms with Crippen LogP contribution in [0.3, 0.4) is 0 Å². The van der Waals surface area contributed by atoms with Crippen LogP contribution in [0.1, 0.15) is 0 Å². The lowest BCUT2D eigenvalue weighted by molar-refractivity contribution is 0.471. The Labute approximate surface area is 56.7 Å². The number of aromatic amines is 1. The molecule has 5 nitrogen and oxygen atoms in total. The largest absolute Gasteiger partial charge is 0.503 e. The molecule has 0 aliphatic rings. The van der Waals surface area contributed by atoms with Crippen molar-refractivity contribution in [3.63, 3.8) is 0 Å². The molecule has 1 heterocycles. The zero-order valence-corrected chi connectivity index (χ0v) is 5.38. The van der Waals surface area contributed by atoms with E-state index in [4.69, 9.17) is 5.11 Å². The molecule has 3 N–H and O–H groups in total. The normalized spacial score (nSPS) is 9.30. The van der Waals surface area contributed by atoms with Crippen molar-refractivity contribution in [1.82, 2.24) is 9.97 Å². The smallest absolute Gasteiger partial charge is 0.347 e. The van der Waals surface area contributed by atoms with E-state index in [1.54, 1.807) is 7.05 Å². The summed E-state index contributed by atoms with van der Waals surface area (Å²) in [6.45, 7) is 0. The van der Waals surface area contributed by atoms with Gasteiger partial charge in [0.1, 0.15) is 0 Å². The van der Waals surface area contributed by atoms with Crippen LogP contribution in [0.5, 0.6) is 5.75 Å². The van der Waals surface area contributed by atoms with Gasteiger partial charge in [-0.25, -0.2) is 4.79 Å². The van der Waals surface area contributed by atoms with Crippen LogP contribution in [0.2, 0.25) is 0 Å². The van der Waals surface area contributed by atoms with Gasteiger partial charge in [-0.2, -0.15) is 4.98 Å². The monoisotopic (exact) mass is 141 g/mol. The number of aromatic nitrogens is 2. The third-order valence-electron chi connectivity index (χ3n) is 1.03. The second-order valence-electron chi connectivity index (χ2n) is 1.69. The summed E-state index contributed by atoms with van der Waals surface area (Å²) >= 11 is 0. The van der Waals surface area contributed by atoms with E-state index in [0.29, 0.717) is 0 Å². The molecule has 0 amide bonds. The Morgan fingerprint density at radius 3 is 3.00 bits per heavy atom. The molecule has 0 bridgehead atoms. The fraction of sp³-hybridized carbons (Fsp3) is 0.200. The van der Waals surface area contributed by atoms with Gasteiger partial charge < -0.3 is 15.4 Å². The van der Waals surface area contributed by atoms with Crippen LogP contribution in [0.25, 0.3) is 0 Å². The first-order valence-electron chi connectivity index (χ1n) is 2.70. The van der Waals surface area contributed by atoms with Crippen molar-refractivity contribution in [1.29, 1.82) is 0 Å². The number of hydrogen-bond acceptors (Lipinski definition) is 4. The molecule has 0 spiro atoms. The molecule has 5 heteroatoms. The minimum atomic E-state index is -0.484. The highest BCUT2D eigenvalue weighted by Crippen LogP contribution is 2.13. The Kier molecular flexibility index (Phi) is 1.57. The number of aromatic hydroxyl groups is 1. The Hall–Kier alpha value is -1.52. The summed E-state index contributed by atoms with van der Waals surface area (Å²) in [5.41, 5.74) is -0.484. The summed E-state index contributed by atoms with van der Waals surface area (Å²) < 4.78 is 0. The van der Waals surface area contributed by atoms with Gasteiger partial charge in [0.2, 0.25) is 0 Å². The molecule has 1 rings (SSSR count). The maximum absolute atomic E-state index is 10.5. The van der Waals surface area contributed by atoms with Crippen LogP contribution in [0, 0.1) is 0 Å². The van der Waals surface area contributed by atoms with Gasteiger partial charge in [-0.05, 0) is 0 Å². The zero-order valence-electron chi connectivity index (χ0n) is 5.38. The summed E-state index contributed by atoms with van der Waals surface area (Å²) in [5, 5.41) is 11.5. The molecule has 10 heavy (non-hydrogen) atoms. The Balaban J connectivity index is 3.22. The molecule has 0 fully saturated rings. The third-order valence-corrected chi connectivity index (χ3v) is 1.03. The molecule has 0 saturated heterocycles. The summed E-state index contributed by atoms with van der Waals surface area (Å²) in [6, 6.07) is 0. The predicted octanol–water partition coefficient (Wildman–Crippen LogP) is -0.483. The van der Waals surface area contributed by atoms with Gasteiger partial charge in [0.15, 0.2) is 11.6 Å². The van der Waals surface area contributed by atoms with Crippen molar-refractivity contribution in [3.8, 4) is 5.75 Å². The Morgan fingerprint density at radius 1 is 1.80 bits per heavy atom. The highest BCUT2D eigenvalue weighted by atomic mass is 16.3. The van der Waals surface area contributed by atoms with Crippen molar-refractivity contribution in [2.24, 2.45) is 0 Å². The van der Waals surface area contributed by atoms with Crippen molar-refractivity contribution in [3.05, 3.63) is 16.7 Å². The molecule has 1 aromatic rings. The van der Waals surface area contributed by atoms with Gasteiger partial charge in [0.25, 0.3) is 0 Å². The lowest BCUT2D eigenvalue weighted by Gasteiger charge is -1.97. The van der Waals surface area contributed by atoms with Crippen molar-refractivity contribution < 1.29 is 5.11 Å². The van der Waals surface area contributed by atoms with E-state index in [1.807, 2.05) is 0 Å². The van der Waals surface area contributed by atoms with Crippen LogP contribution >= 0.6 is 0 Å². The molecule has 0 unspecified atom stereocenters. The van der Waals surface area contributed by atoms with E-state index < -0.39 is 5.69 Å². The molecular formula is C5H7N3O2. The molecule has 1 aromatic heterocycles. The second-order valence-corrected chi connectivity index (χ2v) is 1.69. The fourth-order valence-electron chi connectivity index (χ4n) is 0.574. The van der Waals surface area contributed by atoms with E-state index in [2.05, 4.69) is 15.3 Å². The first-order valence-corrected chi connectivity index (χ1v) is 2.70. The zero-order chi connectivity index (χ0) is 7.56. The Morgan fingerprint density at radius 2 is 2.50 bits per heavy atom. The summed E-state index contributed by atoms with van der Waals surface area (Å²) in [6.07, 6.45) is 1.18. The van der Waals surface area contributed by atoms with E-state index in [9.17, 15) is 4.79 Å². The van der Waals surface area contributed by atoms with Gasteiger partial charge in [-0.3, -0.25) is 0 Å². The lowest BCUT2D eigenvalue weighted by atomic mass is 10.5. The van der Waals surface area contributed by atoms with E-state index in [0.717, 1.165) is 0 Å². The van der Waals surface area contributed by atoms with Gasteiger partial charge in [-0.1, -0.05) is 0 Å². The minimum absolute atomic E-state index is 0.0675. The van der Waals surface area contributed by atoms with Crippen LogP contribution in [-0.2, 0) is 0 Å². The molecular weight excluding hydrogens is 134 g/mol. The number of H-pyrrole nitrogens is 1. The van der Waals surface area contributed by atoms with Crippen molar-refractivity contribution >= 4 is 5.82 Å². The topological polar surface area (TPSA) is 78.0 Å². The predicted molar refractivity (Wildman–Crippen MR) is 36.1 cm³/mol. The van der Waals surface area contributed by atoms with Gasteiger partial charge in [0.05, 0.1) is 6.20 Å². The average molecular weight is 141 g/mol. The van der Waals surface area contributed by atoms with E-state index >= 15 is 0 Å². The van der Waals surface area contributed by atoms with Crippen LogP contribution in [-0.4, -0.2) is 22.1 Å². The first kappa shape index (κ1) is 6.60. The number of nitrogens with one attached hydrogen (secondary N) is 2. The second kappa shape index (κ2) is 2.38. The molecule has 0 radical (unpaired) electrons. The first-order chi connectivity index (χ1) is 4.74. The van der Waals surface area contributed by atoms with Crippen LogP contribution < -0.4 is 11.0 Å². The number of anilines is 1. The molecule has 0 saturated carbocycles. The minimum Gasteiger partial charge on any atom is -0.503 e. The van der Waals surface area contributed by atoms with Crippen molar-refractivity contribution in [2.75, 3.05) is 12.4 Å². The summed E-state index contributed by atoms with van der Waals surface area (Å²) in [4.78, 5) is 16.1. The average Bonchev–Trinajstić information content (AvgIpc) is 1.94. The van der Waals surface area contributed by atoms with Crippen LogP contribution in [0.15, 0.2) is 11.0 Å². The molecule has 0 aromatic carbocycles. The summed E-state index contributed by atoms with van der Waals surface area (Å²) in [7, 11) is 1.57. The molecule has 0 aliphatic heterocycles. The third kappa shape index (κ3) is 1.07. The molecule has 0 aliphatic carbocycles. The number of nitrogens with zero attached hydrogens (tertiary/aromatic N) is 1. The van der Waals surface area contributed by atoms with Crippen LogP contribution in [0.4, 0.5) is 5.82 Å². The maximum atomic E-state index is 10.5. The van der Waals surface area contributed by atoms with Gasteiger partial charge in [-0.15, -0.1) is 0 Å². The van der Waals surface area contributed by atoms with E-state index in [-0.39, 0.29) is 11.6 Å². The fourth-order valence-corrected chi connectivity index (χ4v) is 0.574. The number of hydrogen-bond donors (Lipinski definition) is 3.